The van der Waals surface area contributed by atoms with Crippen molar-refractivity contribution in [3.63, 3.8) is 0 Å². The molecule has 1 atom stereocenters. The molecular formula is C9H14N4O2. The summed E-state index contributed by atoms with van der Waals surface area (Å²) in [6.45, 7) is 2.43. The number of rotatable bonds is 4. The molecule has 0 aromatic carbocycles. The zero-order valence-electron chi connectivity index (χ0n) is 8.73. The fraction of sp³-hybridized carbons (Fsp3) is 0.444. The summed E-state index contributed by atoms with van der Waals surface area (Å²) in [5.74, 6) is 0.0847. The van der Waals surface area contributed by atoms with Crippen LogP contribution < -0.4 is 11.1 Å². The number of esters is 1. The first-order valence-corrected chi connectivity index (χ1v) is 4.56. The lowest BCUT2D eigenvalue weighted by Gasteiger charge is -2.10. The predicted octanol–water partition coefficient (Wildman–Crippen LogP) is 0.0223. The largest absolute Gasteiger partial charge is 0.464 e. The monoisotopic (exact) mass is 210 g/mol. The van der Waals surface area contributed by atoms with Crippen LogP contribution in [0.5, 0.6) is 0 Å². The lowest BCUT2D eigenvalue weighted by molar-refractivity contribution is 0.0593. The predicted molar refractivity (Wildman–Crippen MR) is 55.5 cm³/mol. The lowest BCUT2D eigenvalue weighted by Crippen LogP contribution is -2.25. The van der Waals surface area contributed by atoms with Gasteiger partial charge >= 0.3 is 5.97 Å². The molecule has 0 radical (unpaired) electrons. The summed E-state index contributed by atoms with van der Waals surface area (Å²) < 4.78 is 4.50. The molecule has 1 heterocycles. The molecule has 0 fully saturated rings. The van der Waals surface area contributed by atoms with Crippen molar-refractivity contribution in [1.82, 2.24) is 10.2 Å². The van der Waals surface area contributed by atoms with E-state index in [-0.39, 0.29) is 11.7 Å². The van der Waals surface area contributed by atoms with E-state index in [1.165, 1.54) is 7.11 Å². The number of carbonyl (C=O) groups excluding carboxylic acids is 1. The second-order valence-corrected chi connectivity index (χ2v) is 3.08. The van der Waals surface area contributed by atoms with E-state index in [4.69, 9.17) is 5.73 Å². The Kier molecular flexibility index (Phi) is 3.99. The molecule has 15 heavy (non-hydrogen) atoms. The van der Waals surface area contributed by atoms with E-state index >= 15 is 0 Å². The molecule has 0 saturated carbocycles. The van der Waals surface area contributed by atoms with Crippen molar-refractivity contribution in [3.05, 3.63) is 17.8 Å². The molecule has 1 rings (SSSR count). The molecule has 1 unspecified atom stereocenters. The number of nitrogens with zero attached hydrogens (tertiary/aromatic N) is 2. The normalized spacial score (nSPS) is 11.9. The average molecular weight is 210 g/mol. The van der Waals surface area contributed by atoms with E-state index in [1.54, 1.807) is 12.1 Å². The lowest BCUT2D eigenvalue weighted by atomic mass is 10.3. The van der Waals surface area contributed by atoms with E-state index in [9.17, 15) is 4.79 Å². The molecule has 82 valence electrons. The third kappa shape index (κ3) is 3.17. The van der Waals surface area contributed by atoms with Gasteiger partial charge in [-0.3, -0.25) is 0 Å². The number of anilines is 1. The van der Waals surface area contributed by atoms with Gasteiger partial charge in [0.1, 0.15) is 5.82 Å². The number of hydrogen-bond acceptors (Lipinski definition) is 6. The van der Waals surface area contributed by atoms with Gasteiger partial charge in [-0.05, 0) is 19.1 Å². The maximum Gasteiger partial charge on any atom is 0.358 e. The first-order chi connectivity index (χ1) is 7.17. The fourth-order valence-electron chi connectivity index (χ4n) is 0.934. The van der Waals surface area contributed by atoms with Crippen LogP contribution in [0, 0.1) is 0 Å². The van der Waals surface area contributed by atoms with Crippen molar-refractivity contribution in [2.75, 3.05) is 19.0 Å². The van der Waals surface area contributed by atoms with Crippen molar-refractivity contribution in [3.8, 4) is 0 Å². The molecule has 0 bridgehead atoms. The van der Waals surface area contributed by atoms with E-state index in [0.717, 1.165) is 0 Å². The van der Waals surface area contributed by atoms with E-state index < -0.39 is 5.97 Å². The molecule has 0 aliphatic carbocycles. The molecular weight excluding hydrogens is 196 g/mol. The van der Waals surface area contributed by atoms with Gasteiger partial charge in [-0.15, -0.1) is 10.2 Å². The van der Waals surface area contributed by atoms with Crippen LogP contribution in [0.3, 0.4) is 0 Å². The Balaban J connectivity index is 2.68. The summed E-state index contributed by atoms with van der Waals surface area (Å²) in [5, 5.41) is 10.6. The first kappa shape index (κ1) is 11.4. The van der Waals surface area contributed by atoms with Gasteiger partial charge in [0, 0.05) is 12.6 Å². The summed E-state index contributed by atoms with van der Waals surface area (Å²) in [5.41, 5.74) is 5.62. The summed E-state index contributed by atoms with van der Waals surface area (Å²) >= 11 is 0. The number of nitrogens with two attached hydrogens (primary N) is 1. The molecule has 0 amide bonds. The smallest absolute Gasteiger partial charge is 0.358 e. The topological polar surface area (TPSA) is 90.1 Å². The van der Waals surface area contributed by atoms with E-state index in [2.05, 4.69) is 20.3 Å². The second kappa shape index (κ2) is 5.26. The number of carbonyl (C=O) groups is 1. The Hall–Kier alpha value is -1.69. The minimum Gasteiger partial charge on any atom is -0.464 e. The quantitative estimate of drug-likeness (QED) is 0.681. The molecule has 0 spiro atoms. The molecule has 0 aliphatic heterocycles. The number of aromatic nitrogens is 2. The van der Waals surface area contributed by atoms with Gasteiger partial charge in [0.25, 0.3) is 0 Å². The van der Waals surface area contributed by atoms with Gasteiger partial charge in [0.05, 0.1) is 7.11 Å². The number of hydrogen-bond donors (Lipinski definition) is 2. The van der Waals surface area contributed by atoms with Crippen LogP contribution in [0.2, 0.25) is 0 Å². The van der Waals surface area contributed by atoms with Gasteiger partial charge in [0.2, 0.25) is 0 Å². The molecule has 3 N–H and O–H groups in total. The van der Waals surface area contributed by atoms with Crippen molar-refractivity contribution in [1.29, 1.82) is 0 Å². The SMILES string of the molecule is COC(=O)c1ccc(NC(C)CN)nn1. The molecule has 6 nitrogen and oxygen atoms in total. The zero-order valence-corrected chi connectivity index (χ0v) is 8.73. The van der Waals surface area contributed by atoms with E-state index in [0.29, 0.717) is 12.4 Å². The minimum absolute atomic E-state index is 0.114. The third-order valence-electron chi connectivity index (χ3n) is 1.81. The summed E-state index contributed by atoms with van der Waals surface area (Å²) in [6.07, 6.45) is 0. The van der Waals surface area contributed by atoms with Crippen LogP contribution in [0.15, 0.2) is 12.1 Å². The van der Waals surface area contributed by atoms with Crippen LogP contribution in [0.25, 0.3) is 0 Å². The van der Waals surface area contributed by atoms with Crippen molar-refractivity contribution < 1.29 is 9.53 Å². The van der Waals surface area contributed by atoms with Crippen LogP contribution in [0.1, 0.15) is 17.4 Å². The Labute approximate surface area is 87.8 Å². The van der Waals surface area contributed by atoms with Crippen LogP contribution in [-0.2, 0) is 4.74 Å². The fourth-order valence-corrected chi connectivity index (χ4v) is 0.934. The highest BCUT2D eigenvalue weighted by Gasteiger charge is 2.08. The summed E-state index contributed by atoms with van der Waals surface area (Å²) in [7, 11) is 1.30. The average Bonchev–Trinajstić information content (AvgIpc) is 2.29. The van der Waals surface area contributed by atoms with Gasteiger partial charge in [0.15, 0.2) is 5.69 Å². The summed E-state index contributed by atoms with van der Waals surface area (Å²) in [6, 6.07) is 3.32. The highest BCUT2D eigenvalue weighted by molar-refractivity contribution is 5.86. The van der Waals surface area contributed by atoms with Crippen molar-refractivity contribution >= 4 is 11.8 Å². The van der Waals surface area contributed by atoms with E-state index in [1.807, 2.05) is 6.92 Å². The van der Waals surface area contributed by atoms with Crippen LogP contribution in [-0.4, -0.2) is 35.9 Å². The number of methoxy groups -OCH3 is 1. The first-order valence-electron chi connectivity index (χ1n) is 4.56. The molecule has 6 heteroatoms. The van der Waals surface area contributed by atoms with Gasteiger partial charge in [-0.25, -0.2) is 4.79 Å². The molecule has 0 saturated heterocycles. The van der Waals surface area contributed by atoms with Crippen molar-refractivity contribution in [2.24, 2.45) is 5.73 Å². The zero-order chi connectivity index (χ0) is 11.3. The summed E-state index contributed by atoms with van der Waals surface area (Å²) in [4.78, 5) is 11.0. The minimum atomic E-state index is -0.499. The number of nitrogens with one attached hydrogen (secondary N) is 1. The van der Waals surface area contributed by atoms with Gasteiger partial charge < -0.3 is 15.8 Å². The molecule has 1 aromatic rings. The van der Waals surface area contributed by atoms with Crippen LogP contribution in [0.4, 0.5) is 5.82 Å². The maximum absolute atomic E-state index is 11.0. The third-order valence-corrected chi connectivity index (χ3v) is 1.81. The Morgan fingerprint density at radius 2 is 2.33 bits per heavy atom. The number of ether oxygens (including phenoxy) is 1. The van der Waals surface area contributed by atoms with Crippen molar-refractivity contribution in [2.45, 2.75) is 13.0 Å². The van der Waals surface area contributed by atoms with Gasteiger partial charge in [-0.2, -0.15) is 0 Å². The Morgan fingerprint density at radius 1 is 1.60 bits per heavy atom. The van der Waals surface area contributed by atoms with Crippen LogP contribution >= 0.6 is 0 Å². The highest BCUT2D eigenvalue weighted by atomic mass is 16.5. The maximum atomic E-state index is 11.0. The molecule has 0 aliphatic rings. The van der Waals surface area contributed by atoms with Gasteiger partial charge in [-0.1, -0.05) is 0 Å². The Morgan fingerprint density at radius 3 is 2.80 bits per heavy atom. The Bertz CT molecular complexity index is 325. The highest BCUT2D eigenvalue weighted by Crippen LogP contribution is 2.04. The second-order valence-electron chi connectivity index (χ2n) is 3.08. The standard InChI is InChI=1S/C9H14N4O2/c1-6(5-10)11-8-4-3-7(12-13-8)9(14)15-2/h3-4,6H,5,10H2,1-2H3,(H,11,13). The molecule has 1 aromatic heterocycles.